The van der Waals surface area contributed by atoms with E-state index in [0.29, 0.717) is 33.0 Å². The SMILES string of the molecule is COc1cc(/C=C(\C#N)C(=O)c2c[nH]c3cc(Cl)ccc23)cc(OC)c1. The van der Waals surface area contributed by atoms with E-state index in [4.69, 9.17) is 21.1 Å². The zero-order valence-electron chi connectivity index (χ0n) is 14.2. The summed E-state index contributed by atoms with van der Waals surface area (Å²) >= 11 is 5.97. The van der Waals surface area contributed by atoms with Crippen molar-refractivity contribution in [3.63, 3.8) is 0 Å². The second-order valence-corrected chi connectivity index (χ2v) is 5.97. The summed E-state index contributed by atoms with van der Waals surface area (Å²) in [5, 5.41) is 10.8. The van der Waals surface area contributed by atoms with E-state index in [1.54, 1.807) is 42.6 Å². The molecule has 0 saturated heterocycles. The summed E-state index contributed by atoms with van der Waals surface area (Å²) in [5.74, 6) is 0.770. The molecule has 0 saturated carbocycles. The summed E-state index contributed by atoms with van der Waals surface area (Å²) < 4.78 is 10.4. The average Bonchev–Trinajstić information content (AvgIpc) is 3.08. The smallest absolute Gasteiger partial charge is 0.205 e. The Kier molecular flexibility index (Phi) is 4.97. The Bertz CT molecular complexity index is 1040. The summed E-state index contributed by atoms with van der Waals surface area (Å²) in [7, 11) is 3.07. The van der Waals surface area contributed by atoms with Gasteiger partial charge in [0, 0.05) is 33.8 Å². The molecular weight excluding hydrogens is 352 g/mol. The number of hydrogen-bond acceptors (Lipinski definition) is 4. The van der Waals surface area contributed by atoms with E-state index in [1.165, 1.54) is 20.3 Å². The highest BCUT2D eigenvalue weighted by atomic mass is 35.5. The Morgan fingerprint density at radius 3 is 2.46 bits per heavy atom. The fraction of sp³-hybridized carbons (Fsp3) is 0.100. The number of carbonyl (C=O) groups is 1. The summed E-state index contributed by atoms with van der Waals surface area (Å²) in [6, 6.07) is 12.3. The predicted molar refractivity (Wildman–Crippen MR) is 101 cm³/mol. The molecule has 0 amide bonds. The van der Waals surface area contributed by atoms with Crippen molar-refractivity contribution < 1.29 is 14.3 Å². The lowest BCUT2D eigenvalue weighted by Crippen LogP contribution is -2.01. The standard InChI is InChI=1S/C20H15ClN2O3/c1-25-15-6-12(7-16(9-15)26-2)5-13(10-22)20(24)18-11-23-19-8-14(21)3-4-17(18)19/h3-9,11,23H,1-2H3/b13-5+. The summed E-state index contributed by atoms with van der Waals surface area (Å²) in [6.07, 6.45) is 3.10. The van der Waals surface area contributed by atoms with Gasteiger partial charge in [0.25, 0.3) is 0 Å². The number of fused-ring (bicyclic) bond motifs is 1. The van der Waals surface area contributed by atoms with Gasteiger partial charge >= 0.3 is 0 Å². The zero-order valence-corrected chi connectivity index (χ0v) is 14.9. The van der Waals surface area contributed by atoms with Crippen molar-refractivity contribution >= 4 is 34.4 Å². The van der Waals surface area contributed by atoms with E-state index in [0.717, 1.165) is 5.52 Å². The number of allylic oxidation sites excluding steroid dienone is 1. The van der Waals surface area contributed by atoms with Gasteiger partial charge < -0.3 is 14.5 Å². The van der Waals surface area contributed by atoms with E-state index >= 15 is 0 Å². The lowest BCUT2D eigenvalue weighted by Gasteiger charge is -2.06. The number of hydrogen-bond donors (Lipinski definition) is 1. The van der Waals surface area contributed by atoms with Gasteiger partial charge in [-0.2, -0.15) is 5.26 Å². The monoisotopic (exact) mass is 366 g/mol. The van der Waals surface area contributed by atoms with Crippen LogP contribution in [0, 0.1) is 11.3 Å². The fourth-order valence-electron chi connectivity index (χ4n) is 2.66. The van der Waals surface area contributed by atoms with Gasteiger partial charge in [-0.15, -0.1) is 0 Å². The molecule has 130 valence electrons. The van der Waals surface area contributed by atoms with Crippen LogP contribution < -0.4 is 9.47 Å². The van der Waals surface area contributed by atoms with Gasteiger partial charge in [0.1, 0.15) is 23.1 Å². The third kappa shape index (κ3) is 3.41. The van der Waals surface area contributed by atoms with Crippen LogP contribution in [0.2, 0.25) is 5.02 Å². The minimum absolute atomic E-state index is 0.0103. The lowest BCUT2D eigenvalue weighted by molar-refractivity contribution is 0.104. The van der Waals surface area contributed by atoms with Gasteiger partial charge in [0.05, 0.1) is 14.2 Å². The van der Waals surface area contributed by atoms with Crippen LogP contribution >= 0.6 is 11.6 Å². The molecule has 0 unspecified atom stereocenters. The quantitative estimate of drug-likeness (QED) is 0.406. The van der Waals surface area contributed by atoms with E-state index in [2.05, 4.69) is 4.98 Å². The number of nitrogens with one attached hydrogen (secondary N) is 1. The summed E-state index contributed by atoms with van der Waals surface area (Å²) in [4.78, 5) is 15.9. The Morgan fingerprint density at radius 2 is 1.85 bits per heavy atom. The number of ether oxygens (including phenoxy) is 2. The first-order valence-corrected chi connectivity index (χ1v) is 8.09. The number of carbonyl (C=O) groups excluding carboxylic acids is 1. The fourth-order valence-corrected chi connectivity index (χ4v) is 2.83. The molecule has 0 atom stereocenters. The molecule has 26 heavy (non-hydrogen) atoms. The minimum Gasteiger partial charge on any atom is -0.497 e. The second-order valence-electron chi connectivity index (χ2n) is 5.54. The third-order valence-corrected chi connectivity index (χ3v) is 4.17. The summed E-state index contributed by atoms with van der Waals surface area (Å²) in [5.41, 5.74) is 1.80. The summed E-state index contributed by atoms with van der Waals surface area (Å²) in [6.45, 7) is 0. The molecule has 1 heterocycles. The molecule has 3 aromatic rings. The van der Waals surface area contributed by atoms with Crippen molar-refractivity contribution in [3.8, 4) is 17.6 Å². The molecule has 1 aromatic heterocycles. The molecule has 1 N–H and O–H groups in total. The number of ketones is 1. The first-order valence-electron chi connectivity index (χ1n) is 7.72. The van der Waals surface area contributed by atoms with E-state index in [9.17, 15) is 10.1 Å². The van der Waals surface area contributed by atoms with Gasteiger partial charge in [-0.1, -0.05) is 17.7 Å². The van der Waals surface area contributed by atoms with Gasteiger partial charge in [0.15, 0.2) is 0 Å². The van der Waals surface area contributed by atoms with Crippen molar-refractivity contribution in [2.45, 2.75) is 0 Å². The highest BCUT2D eigenvalue weighted by Gasteiger charge is 2.17. The number of aromatic nitrogens is 1. The second kappa shape index (κ2) is 7.34. The van der Waals surface area contributed by atoms with Crippen molar-refractivity contribution in [1.29, 1.82) is 5.26 Å². The predicted octanol–water partition coefficient (Wildman–Crippen LogP) is 4.63. The third-order valence-electron chi connectivity index (χ3n) is 3.94. The molecule has 6 heteroatoms. The van der Waals surface area contributed by atoms with Gasteiger partial charge in [-0.25, -0.2) is 0 Å². The van der Waals surface area contributed by atoms with Gasteiger partial charge in [0.2, 0.25) is 5.78 Å². The Balaban J connectivity index is 2.04. The lowest BCUT2D eigenvalue weighted by atomic mass is 10.0. The molecule has 0 aliphatic rings. The van der Waals surface area contributed by atoms with Crippen LogP contribution in [0.1, 0.15) is 15.9 Å². The number of nitrogens with zero attached hydrogens (tertiary/aromatic N) is 1. The van der Waals surface area contributed by atoms with Crippen LogP contribution in [0.4, 0.5) is 0 Å². The van der Waals surface area contributed by atoms with Crippen LogP contribution in [0.25, 0.3) is 17.0 Å². The van der Waals surface area contributed by atoms with Crippen LogP contribution in [0.15, 0.2) is 48.2 Å². The Hall–Kier alpha value is -3.23. The van der Waals surface area contributed by atoms with Crippen LogP contribution in [-0.2, 0) is 0 Å². The number of methoxy groups -OCH3 is 2. The normalized spacial score (nSPS) is 11.2. The Morgan fingerprint density at radius 1 is 1.15 bits per heavy atom. The molecule has 0 aliphatic heterocycles. The highest BCUT2D eigenvalue weighted by molar-refractivity contribution is 6.31. The van der Waals surface area contributed by atoms with E-state index < -0.39 is 0 Å². The zero-order chi connectivity index (χ0) is 18.7. The van der Waals surface area contributed by atoms with Gasteiger partial charge in [-0.05, 0) is 35.9 Å². The maximum absolute atomic E-state index is 12.8. The maximum Gasteiger partial charge on any atom is 0.205 e. The van der Waals surface area contributed by atoms with Crippen molar-refractivity contribution in [3.05, 3.63) is 64.3 Å². The van der Waals surface area contributed by atoms with Crippen LogP contribution in [0.3, 0.4) is 0 Å². The Labute approximate surface area is 155 Å². The molecule has 0 aliphatic carbocycles. The van der Waals surface area contributed by atoms with Crippen LogP contribution in [-0.4, -0.2) is 25.0 Å². The van der Waals surface area contributed by atoms with Gasteiger partial charge in [-0.3, -0.25) is 4.79 Å². The maximum atomic E-state index is 12.8. The number of benzene rings is 2. The molecule has 0 fully saturated rings. The van der Waals surface area contributed by atoms with Crippen LogP contribution in [0.5, 0.6) is 11.5 Å². The number of aromatic amines is 1. The molecular formula is C20H15ClN2O3. The van der Waals surface area contributed by atoms with E-state index in [1.807, 2.05) is 6.07 Å². The van der Waals surface area contributed by atoms with E-state index in [-0.39, 0.29) is 11.4 Å². The number of halogens is 1. The first kappa shape index (κ1) is 17.6. The largest absolute Gasteiger partial charge is 0.497 e. The minimum atomic E-state index is -0.372. The highest BCUT2D eigenvalue weighted by Crippen LogP contribution is 2.27. The number of H-pyrrole nitrogens is 1. The number of nitriles is 1. The number of rotatable bonds is 5. The topological polar surface area (TPSA) is 75.1 Å². The van der Waals surface area contributed by atoms with Crippen molar-refractivity contribution in [2.75, 3.05) is 14.2 Å². The first-order chi connectivity index (χ1) is 12.5. The number of Topliss-reactive ketones (excluding diaryl/α,β-unsaturated/α-hetero) is 1. The average molecular weight is 367 g/mol. The molecule has 2 aromatic carbocycles. The molecule has 0 spiro atoms. The molecule has 0 bridgehead atoms. The molecule has 0 radical (unpaired) electrons. The molecule has 5 nitrogen and oxygen atoms in total. The molecule has 3 rings (SSSR count). The van der Waals surface area contributed by atoms with Crippen molar-refractivity contribution in [2.24, 2.45) is 0 Å². The van der Waals surface area contributed by atoms with Crippen molar-refractivity contribution in [1.82, 2.24) is 4.98 Å².